The van der Waals surface area contributed by atoms with Crippen molar-refractivity contribution >= 4 is 0 Å². The van der Waals surface area contributed by atoms with E-state index in [1.807, 2.05) is 0 Å². The number of likely N-dealkylation sites (N-methyl/N-ethyl adjacent to an activating group) is 1. The molecule has 3 nitrogen and oxygen atoms in total. The first-order valence-corrected chi connectivity index (χ1v) is 3.46. The Balaban J connectivity index is 2.24. The quantitative estimate of drug-likeness (QED) is 0.491. The Morgan fingerprint density at radius 1 is 1.10 bits per heavy atom. The van der Waals surface area contributed by atoms with E-state index in [0.717, 1.165) is 26.3 Å². The van der Waals surface area contributed by atoms with Gasteiger partial charge in [-0.3, -0.25) is 4.90 Å². The van der Waals surface area contributed by atoms with Gasteiger partial charge in [0.2, 0.25) is 0 Å². The van der Waals surface area contributed by atoms with Crippen molar-refractivity contribution in [3.05, 3.63) is 12.5 Å². The van der Waals surface area contributed by atoms with Crippen molar-refractivity contribution in [1.29, 1.82) is 0 Å². The molecule has 0 N–H and O–H groups in total. The molecule has 0 aromatic carbocycles. The van der Waals surface area contributed by atoms with E-state index in [-0.39, 0.29) is 0 Å². The molecule has 0 spiro atoms. The van der Waals surface area contributed by atoms with Crippen molar-refractivity contribution in [2.24, 2.45) is 0 Å². The summed E-state index contributed by atoms with van der Waals surface area (Å²) in [5.41, 5.74) is 0. The standard InChI is InChI=1S/C7H13NO2/c1-8-2-4-9-6-7-10-5-3-8/h6-7H,2-5H2,1H3. The molecule has 1 aliphatic rings. The van der Waals surface area contributed by atoms with E-state index in [2.05, 4.69) is 11.9 Å². The van der Waals surface area contributed by atoms with Crippen LogP contribution >= 0.6 is 0 Å². The predicted molar refractivity (Wildman–Crippen MR) is 38.5 cm³/mol. The lowest BCUT2D eigenvalue weighted by Crippen LogP contribution is -2.25. The zero-order valence-corrected chi connectivity index (χ0v) is 6.25. The monoisotopic (exact) mass is 143 g/mol. The Morgan fingerprint density at radius 3 is 2.10 bits per heavy atom. The molecule has 1 heterocycles. The van der Waals surface area contributed by atoms with Crippen LogP contribution in [-0.2, 0) is 9.47 Å². The minimum absolute atomic E-state index is 0.746. The van der Waals surface area contributed by atoms with Crippen molar-refractivity contribution in [3.63, 3.8) is 0 Å². The summed E-state index contributed by atoms with van der Waals surface area (Å²) in [6.07, 6.45) is 3.19. The zero-order valence-electron chi connectivity index (χ0n) is 6.25. The van der Waals surface area contributed by atoms with Gasteiger partial charge in [-0.25, -0.2) is 0 Å². The van der Waals surface area contributed by atoms with E-state index < -0.39 is 0 Å². The summed E-state index contributed by atoms with van der Waals surface area (Å²) in [4.78, 5) is 2.17. The van der Waals surface area contributed by atoms with Gasteiger partial charge >= 0.3 is 0 Å². The highest BCUT2D eigenvalue weighted by atomic mass is 16.5. The third-order valence-corrected chi connectivity index (χ3v) is 1.43. The van der Waals surface area contributed by atoms with Gasteiger partial charge in [0.05, 0.1) is 0 Å². The fraction of sp³-hybridized carbons (Fsp3) is 0.714. The van der Waals surface area contributed by atoms with Gasteiger partial charge in [0.25, 0.3) is 0 Å². The van der Waals surface area contributed by atoms with Crippen LogP contribution in [0.5, 0.6) is 0 Å². The Morgan fingerprint density at radius 2 is 1.60 bits per heavy atom. The Labute approximate surface area is 61.2 Å². The van der Waals surface area contributed by atoms with Crippen LogP contribution in [0, 0.1) is 0 Å². The molecule has 1 aliphatic heterocycles. The van der Waals surface area contributed by atoms with E-state index in [4.69, 9.17) is 9.47 Å². The van der Waals surface area contributed by atoms with Gasteiger partial charge in [-0.1, -0.05) is 0 Å². The van der Waals surface area contributed by atoms with Gasteiger partial charge in [0, 0.05) is 13.1 Å². The largest absolute Gasteiger partial charge is 0.497 e. The Kier molecular flexibility index (Phi) is 3.09. The molecule has 0 unspecified atom stereocenters. The maximum atomic E-state index is 5.08. The van der Waals surface area contributed by atoms with Gasteiger partial charge in [0.15, 0.2) is 0 Å². The second kappa shape index (κ2) is 4.17. The van der Waals surface area contributed by atoms with Crippen molar-refractivity contribution in [1.82, 2.24) is 4.90 Å². The van der Waals surface area contributed by atoms with Crippen LogP contribution in [-0.4, -0.2) is 38.3 Å². The fourth-order valence-corrected chi connectivity index (χ4v) is 0.744. The molecule has 3 heteroatoms. The molecule has 0 aliphatic carbocycles. The summed E-state index contributed by atoms with van der Waals surface area (Å²) in [6.45, 7) is 3.42. The van der Waals surface area contributed by atoms with Gasteiger partial charge < -0.3 is 9.47 Å². The van der Waals surface area contributed by atoms with Crippen molar-refractivity contribution in [2.45, 2.75) is 0 Å². The minimum Gasteiger partial charge on any atom is -0.497 e. The molecule has 10 heavy (non-hydrogen) atoms. The lowest BCUT2D eigenvalue weighted by atomic mass is 10.5. The van der Waals surface area contributed by atoms with Crippen LogP contribution in [0.3, 0.4) is 0 Å². The number of nitrogens with zero attached hydrogens (tertiary/aromatic N) is 1. The fourth-order valence-electron chi connectivity index (χ4n) is 0.744. The highest BCUT2D eigenvalue weighted by Gasteiger charge is 1.98. The summed E-state index contributed by atoms with van der Waals surface area (Å²) in [5, 5.41) is 0. The summed E-state index contributed by atoms with van der Waals surface area (Å²) < 4.78 is 10.2. The minimum atomic E-state index is 0.746. The lowest BCUT2D eigenvalue weighted by molar-refractivity contribution is 0.189. The molecule has 0 fully saturated rings. The van der Waals surface area contributed by atoms with Crippen molar-refractivity contribution < 1.29 is 9.47 Å². The maximum Gasteiger partial charge on any atom is 0.117 e. The van der Waals surface area contributed by atoms with E-state index >= 15 is 0 Å². The molecule has 0 atom stereocenters. The lowest BCUT2D eigenvalue weighted by Gasteiger charge is -2.13. The molecule has 0 saturated heterocycles. The van der Waals surface area contributed by atoms with Crippen molar-refractivity contribution in [3.8, 4) is 0 Å². The van der Waals surface area contributed by atoms with E-state index in [1.165, 1.54) is 0 Å². The second-order valence-corrected chi connectivity index (χ2v) is 2.32. The molecule has 0 radical (unpaired) electrons. The van der Waals surface area contributed by atoms with E-state index in [0.29, 0.717) is 0 Å². The number of rotatable bonds is 0. The second-order valence-electron chi connectivity index (χ2n) is 2.32. The summed E-state index contributed by atoms with van der Waals surface area (Å²) in [7, 11) is 2.05. The Hall–Kier alpha value is -0.700. The molecule has 0 bridgehead atoms. The molecular formula is C7H13NO2. The number of hydrogen-bond acceptors (Lipinski definition) is 3. The Bertz CT molecular complexity index is 102. The summed E-state index contributed by atoms with van der Waals surface area (Å²) >= 11 is 0. The molecule has 0 aromatic heterocycles. The first-order valence-electron chi connectivity index (χ1n) is 3.46. The van der Waals surface area contributed by atoms with E-state index in [1.54, 1.807) is 12.5 Å². The molecule has 0 amide bonds. The van der Waals surface area contributed by atoms with Crippen LogP contribution in [0.15, 0.2) is 12.5 Å². The highest BCUT2D eigenvalue weighted by Crippen LogP contribution is 1.89. The smallest absolute Gasteiger partial charge is 0.117 e. The third-order valence-electron chi connectivity index (χ3n) is 1.43. The molecule has 0 aromatic rings. The topological polar surface area (TPSA) is 21.7 Å². The first-order chi connectivity index (χ1) is 4.89. The van der Waals surface area contributed by atoms with Gasteiger partial charge in [-0.05, 0) is 7.05 Å². The van der Waals surface area contributed by atoms with E-state index in [9.17, 15) is 0 Å². The van der Waals surface area contributed by atoms with Crippen LogP contribution in [0.1, 0.15) is 0 Å². The molecule has 0 saturated carbocycles. The van der Waals surface area contributed by atoms with Gasteiger partial charge in [-0.2, -0.15) is 0 Å². The third kappa shape index (κ3) is 2.73. The normalized spacial score (nSPS) is 21.7. The van der Waals surface area contributed by atoms with Crippen LogP contribution in [0.2, 0.25) is 0 Å². The SMILES string of the molecule is CN1CCOC=COCC1. The zero-order chi connectivity index (χ0) is 7.23. The molecule has 58 valence electrons. The molecule has 1 rings (SSSR count). The average Bonchev–Trinajstić information content (AvgIpc) is 2.02. The predicted octanol–water partition coefficient (Wildman–Crippen LogP) is 0.436. The van der Waals surface area contributed by atoms with Crippen molar-refractivity contribution in [2.75, 3.05) is 33.4 Å². The van der Waals surface area contributed by atoms with Crippen LogP contribution in [0.4, 0.5) is 0 Å². The summed E-state index contributed by atoms with van der Waals surface area (Å²) in [6, 6.07) is 0. The molecular weight excluding hydrogens is 130 g/mol. The first kappa shape index (κ1) is 7.41. The summed E-state index contributed by atoms with van der Waals surface area (Å²) in [5.74, 6) is 0. The van der Waals surface area contributed by atoms with Gasteiger partial charge in [-0.15, -0.1) is 0 Å². The number of hydrogen-bond donors (Lipinski definition) is 0. The van der Waals surface area contributed by atoms with Crippen LogP contribution in [0.25, 0.3) is 0 Å². The highest BCUT2D eigenvalue weighted by molar-refractivity contribution is 4.64. The maximum absolute atomic E-state index is 5.08. The number of ether oxygens (including phenoxy) is 2. The average molecular weight is 143 g/mol. The van der Waals surface area contributed by atoms with Crippen LogP contribution < -0.4 is 0 Å². The van der Waals surface area contributed by atoms with Gasteiger partial charge in [0.1, 0.15) is 25.7 Å².